The van der Waals surface area contributed by atoms with Crippen LogP contribution in [0.1, 0.15) is 29.5 Å². The summed E-state index contributed by atoms with van der Waals surface area (Å²) in [5.41, 5.74) is 2.60. The highest BCUT2D eigenvalue weighted by Gasteiger charge is 2.50. The normalized spacial score (nSPS) is 14.3. The number of nitrogens with one attached hydrogen (secondary N) is 2. The first-order valence-corrected chi connectivity index (χ1v) is 11.6. The van der Waals surface area contributed by atoms with Gasteiger partial charge in [0, 0.05) is 12.2 Å². The minimum absolute atomic E-state index is 0.00832. The molecule has 0 aromatic heterocycles. The number of carboxylic acids is 1. The van der Waals surface area contributed by atoms with Gasteiger partial charge in [-0.3, -0.25) is 9.52 Å². The number of aliphatic carboxylic acids is 1. The van der Waals surface area contributed by atoms with Crippen LogP contribution in [-0.4, -0.2) is 38.1 Å². The molecule has 34 heavy (non-hydrogen) atoms. The molecular formula is C23H25F3N2O5S. The van der Waals surface area contributed by atoms with Crippen LogP contribution in [0.25, 0.3) is 0 Å². The quantitative estimate of drug-likeness (QED) is 0.498. The number of sulfonamides is 1. The van der Waals surface area contributed by atoms with E-state index in [1.807, 2.05) is 25.1 Å². The summed E-state index contributed by atoms with van der Waals surface area (Å²) in [6.07, 6.45) is -1.84. The van der Waals surface area contributed by atoms with Crippen molar-refractivity contribution in [1.29, 1.82) is 0 Å². The van der Waals surface area contributed by atoms with E-state index in [1.165, 1.54) is 0 Å². The van der Waals surface area contributed by atoms with Gasteiger partial charge in [0.25, 0.3) is 10.0 Å². The molecular weight excluding hydrogens is 473 g/mol. The fourth-order valence-corrected chi connectivity index (χ4v) is 4.56. The van der Waals surface area contributed by atoms with Crippen LogP contribution in [0.2, 0.25) is 0 Å². The summed E-state index contributed by atoms with van der Waals surface area (Å²) in [4.78, 5) is 21.5. The van der Waals surface area contributed by atoms with Gasteiger partial charge in [-0.1, -0.05) is 35.9 Å². The van der Waals surface area contributed by atoms with E-state index in [2.05, 4.69) is 16.6 Å². The van der Waals surface area contributed by atoms with Crippen LogP contribution in [0.15, 0.2) is 60.0 Å². The predicted molar refractivity (Wildman–Crippen MR) is 121 cm³/mol. The van der Waals surface area contributed by atoms with Gasteiger partial charge in [-0.2, -0.15) is 13.2 Å². The minimum Gasteiger partial charge on any atom is -0.475 e. The van der Waals surface area contributed by atoms with E-state index in [9.17, 15) is 26.4 Å². The molecule has 0 radical (unpaired) electrons. The second-order valence-corrected chi connectivity index (χ2v) is 9.49. The second-order valence-electron chi connectivity index (χ2n) is 7.84. The first-order chi connectivity index (χ1) is 15.7. The third-order valence-corrected chi connectivity index (χ3v) is 6.69. The van der Waals surface area contributed by atoms with Crippen LogP contribution < -0.4 is 10.0 Å². The van der Waals surface area contributed by atoms with Gasteiger partial charge in [-0.15, -0.1) is 6.58 Å². The number of halogens is 3. The number of rotatable bonds is 7. The van der Waals surface area contributed by atoms with Crippen LogP contribution in [0.3, 0.4) is 0 Å². The molecule has 2 aromatic rings. The number of hydrogen-bond acceptors (Lipinski definition) is 4. The molecule has 0 spiro atoms. The maximum atomic E-state index is 12.7. The van der Waals surface area contributed by atoms with Crippen molar-refractivity contribution < 1.29 is 36.3 Å². The van der Waals surface area contributed by atoms with E-state index in [0.29, 0.717) is 17.8 Å². The lowest BCUT2D eigenvalue weighted by Gasteiger charge is -2.16. The number of anilines is 1. The number of alkyl halides is 3. The molecule has 1 aliphatic carbocycles. The molecule has 1 amide bonds. The van der Waals surface area contributed by atoms with Gasteiger partial charge in [0.1, 0.15) is 0 Å². The summed E-state index contributed by atoms with van der Waals surface area (Å²) >= 11 is 0. The average molecular weight is 499 g/mol. The Labute approximate surface area is 195 Å². The predicted octanol–water partition coefficient (Wildman–Crippen LogP) is 4.07. The van der Waals surface area contributed by atoms with E-state index >= 15 is 0 Å². The van der Waals surface area contributed by atoms with Crippen LogP contribution in [0.4, 0.5) is 18.9 Å². The molecule has 3 N–H and O–H groups in total. The second kappa shape index (κ2) is 10.3. The first-order valence-electron chi connectivity index (χ1n) is 10.1. The van der Waals surface area contributed by atoms with E-state index in [-0.39, 0.29) is 10.8 Å². The minimum atomic E-state index is -5.08. The Bertz CT molecular complexity index is 1170. The van der Waals surface area contributed by atoms with Crippen molar-refractivity contribution in [2.45, 2.75) is 43.2 Å². The maximum absolute atomic E-state index is 12.7. The highest BCUT2D eigenvalue weighted by atomic mass is 32.2. The zero-order valence-corrected chi connectivity index (χ0v) is 19.4. The number of aryl methyl sites for hydroxylation is 2. The molecule has 1 aliphatic rings. The largest absolute Gasteiger partial charge is 0.490 e. The van der Waals surface area contributed by atoms with E-state index in [4.69, 9.17) is 9.90 Å². The Morgan fingerprint density at radius 1 is 1.12 bits per heavy atom. The Morgan fingerprint density at radius 3 is 2.12 bits per heavy atom. The third kappa shape index (κ3) is 6.60. The van der Waals surface area contributed by atoms with Crippen molar-refractivity contribution in [1.82, 2.24) is 5.32 Å². The standard InChI is InChI=1S/C21H24N2O3S.C2HF3O2/c1-4-13-22-20(24)21(11-12-21)17-6-8-18(9-7-17)23-27(25,26)19-10-5-15(2)14-16(19)3;3-2(4,5)1(6)7/h4-10,14,23H,1,11-13H2,2-3H3,(H,22,24);(H,6,7). The molecule has 0 bridgehead atoms. The molecule has 1 fully saturated rings. The van der Waals surface area contributed by atoms with Gasteiger partial charge in [-0.25, -0.2) is 13.2 Å². The molecule has 0 atom stereocenters. The van der Waals surface area contributed by atoms with Gasteiger partial charge in [0.05, 0.1) is 10.3 Å². The highest BCUT2D eigenvalue weighted by Crippen LogP contribution is 2.48. The van der Waals surface area contributed by atoms with Crippen LogP contribution in [0.5, 0.6) is 0 Å². The van der Waals surface area contributed by atoms with Crippen molar-refractivity contribution >= 4 is 27.6 Å². The van der Waals surface area contributed by atoms with Crippen molar-refractivity contribution in [3.8, 4) is 0 Å². The molecule has 0 heterocycles. The number of carboxylic acid groups (broad SMARTS) is 1. The SMILES string of the molecule is C=CCNC(=O)C1(c2ccc(NS(=O)(=O)c3ccc(C)cc3C)cc2)CC1.O=C(O)C(F)(F)F. The van der Waals surface area contributed by atoms with Crippen molar-refractivity contribution in [3.63, 3.8) is 0 Å². The summed E-state index contributed by atoms with van der Waals surface area (Å²) < 4.78 is 59.7. The zero-order valence-electron chi connectivity index (χ0n) is 18.6. The average Bonchev–Trinajstić information content (AvgIpc) is 3.54. The molecule has 2 aromatic carbocycles. The highest BCUT2D eigenvalue weighted by molar-refractivity contribution is 7.92. The maximum Gasteiger partial charge on any atom is 0.490 e. The van der Waals surface area contributed by atoms with E-state index in [0.717, 1.165) is 24.0 Å². The summed E-state index contributed by atoms with van der Waals surface area (Å²) in [6.45, 7) is 7.75. The Balaban J connectivity index is 0.000000509. The summed E-state index contributed by atoms with van der Waals surface area (Å²) in [5.74, 6) is -2.77. The topological polar surface area (TPSA) is 113 Å². The molecule has 7 nitrogen and oxygen atoms in total. The van der Waals surface area contributed by atoms with Gasteiger partial charge < -0.3 is 10.4 Å². The Hall–Kier alpha value is -3.34. The van der Waals surface area contributed by atoms with Crippen molar-refractivity contribution in [2.24, 2.45) is 0 Å². The number of amides is 1. The molecule has 1 saturated carbocycles. The van der Waals surface area contributed by atoms with E-state index < -0.39 is 27.6 Å². The molecule has 0 unspecified atom stereocenters. The van der Waals surface area contributed by atoms with Crippen LogP contribution in [-0.2, 0) is 25.0 Å². The van der Waals surface area contributed by atoms with E-state index in [1.54, 1.807) is 37.3 Å². The number of carbonyl (C=O) groups is 2. The first kappa shape index (κ1) is 26.9. The monoisotopic (exact) mass is 498 g/mol. The lowest BCUT2D eigenvalue weighted by atomic mass is 9.95. The number of benzene rings is 2. The van der Waals surface area contributed by atoms with Gasteiger partial charge in [0.2, 0.25) is 5.91 Å². The fraction of sp³-hybridized carbons (Fsp3) is 0.304. The number of carbonyl (C=O) groups excluding carboxylic acids is 1. The van der Waals surface area contributed by atoms with Crippen molar-refractivity contribution in [2.75, 3.05) is 11.3 Å². The number of hydrogen-bond donors (Lipinski definition) is 3. The van der Waals surface area contributed by atoms with Gasteiger partial charge in [0.15, 0.2) is 0 Å². The lowest BCUT2D eigenvalue weighted by Crippen LogP contribution is -2.34. The molecule has 184 valence electrons. The summed E-state index contributed by atoms with van der Waals surface area (Å²) in [6, 6.07) is 12.3. The van der Waals surface area contributed by atoms with Crippen molar-refractivity contribution in [3.05, 3.63) is 71.8 Å². The zero-order chi connectivity index (χ0) is 25.7. The molecule has 11 heteroatoms. The summed E-state index contributed by atoms with van der Waals surface area (Å²) in [5, 5.41) is 9.98. The fourth-order valence-electron chi connectivity index (χ4n) is 3.27. The smallest absolute Gasteiger partial charge is 0.475 e. The molecule has 3 rings (SSSR count). The lowest BCUT2D eigenvalue weighted by molar-refractivity contribution is -0.192. The van der Waals surface area contributed by atoms with Crippen LogP contribution >= 0.6 is 0 Å². The third-order valence-electron chi connectivity index (χ3n) is 5.14. The molecule has 0 saturated heterocycles. The van der Waals surface area contributed by atoms with Gasteiger partial charge in [-0.05, 0) is 56.0 Å². The summed E-state index contributed by atoms with van der Waals surface area (Å²) in [7, 11) is -3.66. The Kier molecular flexibility index (Phi) is 8.14. The van der Waals surface area contributed by atoms with Crippen LogP contribution in [0, 0.1) is 13.8 Å². The molecule has 0 aliphatic heterocycles. The van der Waals surface area contributed by atoms with Gasteiger partial charge >= 0.3 is 12.1 Å². The Morgan fingerprint density at radius 2 is 1.68 bits per heavy atom.